The van der Waals surface area contributed by atoms with E-state index in [2.05, 4.69) is 37.9 Å². The van der Waals surface area contributed by atoms with Gasteiger partial charge in [-0.3, -0.25) is 0 Å². The van der Waals surface area contributed by atoms with Gasteiger partial charge in [-0.2, -0.15) is 0 Å². The first-order valence-corrected chi connectivity index (χ1v) is 12.0. The maximum Gasteiger partial charge on any atom is 0.165 e. The van der Waals surface area contributed by atoms with E-state index in [1.165, 1.54) is 11.1 Å². The molecule has 5 nitrogen and oxygen atoms in total. The lowest BCUT2D eigenvalue weighted by atomic mass is 9.33. The van der Waals surface area contributed by atoms with Crippen molar-refractivity contribution < 1.29 is 19.3 Å². The van der Waals surface area contributed by atoms with Crippen molar-refractivity contribution in [3.63, 3.8) is 0 Å². The van der Waals surface area contributed by atoms with Crippen LogP contribution in [0.3, 0.4) is 0 Å². The molecule has 7 atom stereocenters. The number of piperidine rings is 1. The number of ether oxygens (including phenoxy) is 3. The molecule has 170 valence electrons. The number of nitrogens with zero attached hydrogens (tertiary/aromatic N) is 1. The van der Waals surface area contributed by atoms with Gasteiger partial charge in [-0.15, -0.1) is 0 Å². The lowest BCUT2D eigenvalue weighted by Gasteiger charge is -2.75. The third-order valence-electron chi connectivity index (χ3n) is 10.7. The molecule has 4 bridgehead atoms. The van der Waals surface area contributed by atoms with Crippen LogP contribution < -0.4 is 9.47 Å². The van der Waals surface area contributed by atoms with Crippen LogP contribution in [-0.2, 0) is 16.6 Å². The number of hydrogen-bond acceptors (Lipinski definition) is 5. The zero-order valence-electron chi connectivity index (χ0n) is 19.8. The van der Waals surface area contributed by atoms with Gasteiger partial charge in [0.2, 0.25) is 0 Å². The van der Waals surface area contributed by atoms with Crippen molar-refractivity contribution >= 4 is 0 Å². The fourth-order valence-corrected chi connectivity index (χ4v) is 8.92. The summed E-state index contributed by atoms with van der Waals surface area (Å²) in [5.74, 6) is 1.97. The minimum Gasteiger partial charge on any atom is -0.493 e. The Hall–Kier alpha value is -1.30. The maximum atomic E-state index is 11.9. The van der Waals surface area contributed by atoms with E-state index in [1.54, 1.807) is 7.11 Å². The van der Waals surface area contributed by atoms with E-state index in [0.29, 0.717) is 6.04 Å². The Labute approximate surface area is 186 Å². The first-order chi connectivity index (χ1) is 14.7. The summed E-state index contributed by atoms with van der Waals surface area (Å²) in [4.78, 5) is 2.60. The smallest absolute Gasteiger partial charge is 0.165 e. The highest BCUT2D eigenvalue weighted by molar-refractivity contribution is 5.63. The Bertz CT molecular complexity index is 944. The molecule has 6 aliphatic rings. The van der Waals surface area contributed by atoms with Crippen molar-refractivity contribution in [2.45, 2.75) is 81.6 Å². The third-order valence-corrected chi connectivity index (χ3v) is 10.7. The molecule has 3 saturated carbocycles. The zero-order valence-corrected chi connectivity index (χ0v) is 19.8. The number of fused-ring (bicyclic) bond motifs is 2. The molecule has 5 heteroatoms. The topological polar surface area (TPSA) is 51.2 Å². The number of likely N-dealkylation sites (N-methyl/N-ethyl adjacent to an activating group) is 1. The average Bonchev–Trinajstić information content (AvgIpc) is 3.13. The van der Waals surface area contributed by atoms with Crippen LogP contribution in [0.2, 0.25) is 0 Å². The highest BCUT2D eigenvalue weighted by Crippen LogP contribution is 2.77. The minimum absolute atomic E-state index is 0.0349. The summed E-state index contributed by atoms with van der Waals surface area (Å²) in [6, 6.07) is 4.83. The van der Waals surface area contributed by atoms with Gasteiger partial charge in [-0.25, -0.2) is 0 Å². The Morgan fingerprint density at radius 2 is 2.00 bits per heavy atom. The van der Waals surface area contributed by atoms with Crippen molar-refractivity contribution in [2.75, 3.05) is 27.8 Å². The average molecular weight is 428 g/mol. The summed E-state index contributed by atoms with van der Waals surface area (Å²) < 4.78 is 19.3. The highest BCUT2D eigenvalue weighted by Gasteiger charge is 2.81. The summed E-state index contributed by atoms with van der Waals surface area (Å²) in [5.41, 5.74) is 1.56. The van der Waals surface area contributed by atoms with Crippen LogP contribution in [-0.4, -0.2) is 61.2 Å². The number of aliphatic hydroxyl groups is 1. The van der Waals surface area contributed by atoms with Crippen molar-refractivity contribution in [2.24, 2.45) is 17.3 Å². The van der Waals surface area contributed by atoms with E-state index in [0.717, 1.165) is 50.1 Å². The molecule has 2 heterocycles. The standard InChI is InChI=1S/C26H37NO4/c1-15(2)23(3,28)18-14-24-9-10-26(18,30-6)22-25(24)11-12-27(4)19(24)13-16-7-8-17(29-5)21(31-22)20(16)25/h7-8,15,18-19,22,28H,9-14H2,1-6H3/t18-,19-,22-,23-,24-,25+,26-/m1/s1. The number of benzene rings is 1. The van der Waals surface area contributed by atoms with Crippen LogP contribution in [0.15, 0.2) is 12.1 Å². The monoisotopic (exact) mass is 427 g/mol. The van der Waals surface area contributed by atoms with Crippen LogP contribution in [0.4, 0.5) is 0 Å². The molecular weight excluding hydrogens is 390 g/mol. The molecule has 2 aliphatic heterocycles. The van der Waals surface area contributed by atoms with Gasteiger partial charge in [-0.05, 0) is 70.2 Å². The molecule has 31 heavy (non-hydrogen) atoms. The Balaban J connectivity index is 1.66. The fourth-order valence-electron chi connectivity index (χ4n) is 8.92. The molecular formula is C26H37NO4. The van der Waals surface area contributed by atoms with Crippen LogP contribution in [0.25, 0.3) is 0 Å². The first kappa shape index (κ1) is 20.3. The van der Waals surface area contributed by atoms with Gasteiger partial charge in [0.05, 0.1) is 12.7 Å². The zero-order chi connectivity index (χ0) is 22.0. The van der Waals surface area contributed by atoms with E-state index in [9.17, 15) is 5.11 Å². The van der Waals surface area contributed by atoms with Crippen LogP contribution in [0.5, 0.6) is 11.5 Å². The van der Waals surface area contributed by atoms with E-state index in [1.807, 2.05) is 14.0 Å². The summed E-state index contributed by atoms with van der Waals surface area (Å²) in [6.45, 7) is 7.38. The molecule has 1 N–H and O–H groups in total. The Morgan fingerprint density at radius 1 is 1.23 bits per heavy atom. The van der Waals surface area contributed by atoms with Crippen molar-refractivity contribution in [3.8, 4) is 11.5 Å². The summed E-state index contributed by atoms with van der Waals surface area (Å²) in [7, 11) is 5.89. The molecule has 0 aromatic heterocycles. The van der Waals surface area contributed by atoms with Gasteiger partial charge in [-0.1, -0.05) is 19.9 Å². The molecule has 0 amide bonds. The van der Waals surface area contributed by atoms with Gasteiger partial charge in [0.25, 0.3) is 0 Å². The molecule has 4 aliphatic carbocycles. The summed E-state index contributed by atoms with van der Waals surface area (Å²) in [6.07, 6.45) is 5.13. The summed E-state index contributed by atoms with van der Waals surface area (Å²) in [5, 5.41) is 11.9. The minimum atomic E-state index is -0.819. The van der Waals surface area contributed by atoms with Crippen LogP contribution in [0, 0.1) is 17.3 Å². The first-order valence-electron chi connectivity index (χ1n) is 12.0. The van der Waals surface area contributed by atoms with Gasteiger partial charge in [0, 0.05) is 35.5 Å². The van der Waals surface area contributed by atoms with E-state index >= 15 is 0 Å². The molecule has 4 fully saturated rings. The Kier molecular flexibility index (Phi) is 3.92. The van der Waals surface area contributed by atoms with Crippen molar-refractivity contribution in [3.05, 3.63) is 23.3 Å². The second kappa shape index (κ2) is 5.98. The predicted octanol–water partition coefficient (Wildman–Crippen LogP) is 3.55. The Morgan fingerprint density at radius 3 is 2.68 bits per heavy atom. The third kappa shape index (κ3) is 1.98. The lowest BCUT2D eigenvalue weighted by molar-refractivity contribution is -0.305. The normalized spacial score (nSPS) is 44.1. The van der Waals surface area contributed by atoms with E-state index in [4.69, 9.17) is 14.2 Å². The second-order valence-corrected chi connectivity index (χ2v) is 11.5. The maximum absolute atomic E-state index is 11.9. The molecule has 1 aromatic rings. The molecule has 0 unspecified atom stereocenters. The fraction of sp³-hybridized carbons (Fsp3) is 0.769. The van der Waals surface area contributed by atoms with E-state index < -0.39 is 11.2 Å². The largest absolute Gasteiger partial charge is 0.493 e. The predicted molar refractivity (Wildman–Crippen MR) is 119 cm³/mol. The van der Waals surface area contributed by atoms with Crippen molar-refractivity contribution in [1.82, 2.24) is 4.90 Å². The van der Waals surface area contributed by atoms with Crippen LogP contribution >= 0.6 is 0 Å². The molecule has 1 saturated heterocycles. The van der Waals surface area contributed by atoms with Crippen LogP contribution in [0.1, 0.15) is 57.6 Å². The van der Waals surface area contributed by atoms with Gasteiger partial charge < -0.3 is 24.2 Å². The van der Waals surface area contributed by atoms with Gasteiger partial charge >= 0.3 is 0 Å². The molecule has 1 aromatic carbocycles. The number of likely N-dealkylation sites (tertiary alicyclic amines) is 1. The highest BCUT2D eigenvalue weighted by atomic mass is 16.6. The summed E-state index contributed by atoms with van der Waals surface area (Å²) >= 11 is 0. The lowest BCUT2D eigenvalue weighted by Crippen LogP contribution is -2.82. The molecule has 2 spiro atoms. The number of hydrogen-bond donors (Lipinski definition) is 1. The molecule has 7 rings (SSSR count). The number of methoxy groups -OCH3 is 2. The molecule has 0 radical (unpaired) electrons. The van der Waals surface area contributed by atoms with Gasteiger partial charge in [0.1, 0.15) is 11.7 Å². The second-order valence-electron chi connectivity index (χ2n) is 11.5. The number of rotatable bonds is 4. The quantitative estimate of drug-likeness (QED) is 0.797. The van der Waals surface area contributed by atoms with Crippen molar-refractivity contribution in [1.29, 1.82) is 0 Å². The van der Waals surface area contributed by atoms with Gasteiger partial charge in [0.15, 0.2) is 11.5 Å². The van der Waals surface area contributed by atoms with E-state index in [-0.39, 0.29) is 28.8 Å². The SMILES string of the molecule is COc1ccc2c3c1O[C@H]1[C@@]4(OC)CC[C@@]5(C[C@@H]4[C@](C)(O)C(C)C)[C@@H](C2)N(C)CC[C@]315.